The number of halogens is 2. The van der Waals surface area contributed by atoms with Crippen LogP contribution in [0.1, 0.15) is 12.8 Å². The van der Waals surface area contributed by atoms with Gasteiger partial charge in [-0.15, -0.1) is 0 Å². The maximum atomic E-state index is 13.7. The Morgan fingerprint density at radius 2 is 0.872 bits per heavy atom. The van der Waals surface area contributed by atoms with Crippen LogP contribution < -0.4 is 18.1 Å². The summed E-state index contributed by atoms with van der Waals surface area (Å²) in [5, 5.41) is 0. The minimum atomic E-state index is -3.67. The monoisotopic (exact) mass is 649 g/mol. The zero-order valence-corrected chi connectivity index (χ0v) is 25.0. The summed E-state index contributed by atoms with van der Waals surface area (Å²) in [6.45, 7) is 0. The molecule has 4 aromatic rings. The summed E-state index contributed by atoms with van der Waals surface area (Å²) >= 11 is 0.569. The van der Waals surface area contributed by atoms with Crippen molar-refractivity contribution in [3.05, 3.63) is 127 Å². The molecule has 6 nitrogen and oxygen atoms in total. The molecule has 0 aliphatic rings. The van der Waals surface area contributed by atoms with Crippen molar-refractivity contribution < 1.29 is 39.9 Å². The van der Waals surface area contributed by atoms with Crippen LogP contribution in [0.25, 0.3) is 0 Å². The van der Waals surface area contributed by atoms with Gasteiger partial charge >= 0.3 is 40.6 Å². The van der Waals surface area contributed by atoms with Crippen LogP contribution in [-0.4, -0.2) is 6.16 Å². The Morgan fingerprint density at radius 1 is 0.564 bits per heavy atom. The van der Waals surface area contributed by atoms with E-state index in [2.05, 4.69) is 0 Å². The number of para-hydroxylation sites is 4. The van der Waals surface area contributed by atoms with Gasteiger partial charge in [-0.1, -0.05) is 79.2 Å². The molecule has 0 amide bonds. The SMILES string of the molecule is O=P([CH-]CCCP(=O)(Oc1ccccc1)Oc1ccccc1)(Oc1ccccc1)Oc1ccccc1.[Cl][Ni+][Cl]. The number of hydrogen-bond acceptors (Lipinski definition) is 6. The van der Waals surface area contributed by atoms with E-state index in [9.17, 15) is 9.13 Å². The maximum absolute atomic E-state index is 13.7. The van der Waals surface area contributed by atoms with Crippen molar-refractivity contribution in [3.8, 4) is 23.0 Å². The zero-order valence-electron chi connectivity index (χ0n) is 20.7. The molecule has 0 aliphatic carbocycles. The third-order valence-corrected chi connectivity index (χ3v) is 8.39. The van der Waals surface area contributed by atoms with E-state index in [1.54, 1.807) is 97.1 Å². The van der Waals surface area contributed by atoms with Gasteiger partial charge in [0.2, 0.25) is 0 Å². The second-order valence-electron chi connectivity index (χ2n) is 7.86. The molecule has 0 aliphatic heterocycles. The molecule has 4 rings (SSSR count). The second-order valence-corrected chi connectivity index (χ2v) is 13.3. The fourth-order valence-corrected chi connectivity index (χ4v) is 6.47. The van der Waals surface area contributed by atoms with E-state index >= 15 is 0 Å². The Labute approximate surface area is 244 Å². The van der Waals surface area contributed by atoms with Crippen LogP contribution in [0.3, 0.4) is 0 Å². The van der Waals surface area contributed by atoms with Crippen molar-refractivity contribution in [1.82, 2.24) is 0 Å². The Balaban J connectivity index is 0.00000134. The third-order valence-electron chi connectivity index (χ3n) is 4.92. The Hall–Kier alpha value is -2.39. The van der Waals surface area contributed by atoms with Gasteiger partial charge in [0.25, 0.3) is 7.60 Å². The van der Waals surface area contributed by atoms with Crippen LogP contribution in [0.4, 0.5) is 0 Å². The van der Waals surface area contributed by atoms with Crippen molar-refractivity contribution in [2.75, 3.05) is 6.16 Å². The standard InChI is InChI=1S/C28H27O6P2.2ClH.Ni/c29-35(31-25-15-5-1-6-16-25,32-26-17-7-2-8-18-26)23-13-14-24-36(30,33-27-19-9-3-10-20-27)34-28-21-11-4-12-22-28;;;/h1-12,15-23H,13-14,24H2;2*1H;/q-1;;;+3/p-2. The molecule has 0 spiro atoms. The number of unbranched alkanes of at least 4 members (excludes halogenated alkanes) is 1. The first kappa shape index (κ1) is 31.1. The van der Waals surface area contributed by atoms with Crippen LogP contribution in [0, 0.1) is 6.16 Å². The zero-order chi connectivity index (χ0) is 27.8. The molecule has 0 aromatic heterocycles. The Morgan fingerprint density at radius 3 is 1.21 bits per heavy atom. The normalized spacial score (nSPS) is 11.1. The van der Waals surface area contributed by atoms with E-state index < -0.39 is 15.2 Å². The summed E-state index contributed by atoms with van der Waals surface area (Å²) in [5.41, 5.74) is 0. The second kappa shape index (κ2) is 16.7. The molecule has 39 heavy (non-hydrogen) atoms. The number of hydrogen-bond donors (Lipinski definition) is 0. The van der Waals surface area contributed by atoms with Crippen LogP contribution in [-0.2, 0) is 21.8 Å². The van der Waals surface area contributed by atoms with Crippen LogP contribution in [0.5, 0.6) is 23.0 Å². The summed E-state index contributed by atoms with van der Waals surface area (Å²) in [5.74, 6) is 1.76. The number of benzene rings is 4. The van der Waals surface area contributed by atoms with E-state index in [-0.39, 0.29) is 6.16 Å². The summed E-state index contributed by atoms with van der Waals surface area (Å²) in [7, 11) is 2.16. The molecule has 0 N–H and O–H groups in total. The van der Waals surface area contributed by atoms with Gasteiger partial charge in [-0.25, -0.2) is 4.57 Å². The molecule has 0 bridgehead atoms. The van der Waals surface area contributed by atoms with Crippen molar-refractivity contribution >= 4 is 35.6 Å². The first-order valence-electron chi connectivity index (χ1n) is 11.8. The summed E-state index contributed by atoms with van der Waals surface area (Å²) in [4.78, 5) is 0. The topological polar surface area (TPSA) is 71.1 Å². The van der Waals surface area contributed by atoms with Gasteiger partial charge in [0.1, 0.15) is 23.0 Å². The third kappa shape index (κ3) is 11.7. The predicted octanol–water partition coefficient (Wildman–Crippen LogP) is 10.0. The molecule has 4 aromatic carbocycles. The summed E-state index contributed by atoms with van der Waals surface area (Å²) in [6.07, 6.45) is 2.28. The van der Waals surface area contributed by atoms with E-state index in [0.717, 1.165) is 0 Å². The van der Waals surface area contributed by atoms with Gasteiger partial charge < -0.3 is 18.1 Å². The van der Waals surface area contributed by atoms with Crippen molar-refractivity contribution in [3.63, 3.8) is 0 Å². The molecular weight excluding hydrogens is 624 g/mol. The van der Waals surface area contributed by atoms with Gasteiger partial charge in [0, 0.05) is 0 Å². The van der Waals surface area contributed by atoms with Gasteiger partial charge in [-0.05, 0) is 48.5 Å². The summed E-state index contributed by atoms with van der Waals surface area (Å²) < 4.78 is 50.5. The van der Waals surface area contributed by atoms with Crippen LogP contribution in [0.2, 0.25) is 0 Å². The average molecular weight is 651 g/mol. The van der Waals surface area contributed by atoms with E-state index in [4.69, 9.17) is 38.5 Å². The van der Waals surface area contributed by atoms with Crippen LogP contribution >= 0.6 is 35.6 Å². The molecule has 209 valence electrons. The number of rotatable bonds is 13. The Bertz CT molecular complexity index is 1130. The van der Waals surface area contributed by atoms with Gasteiger partial charge in [0.15, 0.2) is 0 Å². The van der Waals surface area contributed by atoms with E-state index in [0.29, 0.717) is 48.5 Å². The quantitative estimate of drug-likeness (QED) is 0.0621. The minimum absolute atomic E-state index is 0.101. The molecule has 0 radical (unpaired) electrons. The Kier molecular flexibility index (Phi) is 13.3. The fraction of sp³-hybridized carbons (Fsp3) is 0.107. The molecule has 0 saturated heterocycles. The van der Waals surface area contributed by atoms with Gasteiger partial charge in [-0.2, -0.15) is 12.6 Å². The van der Waals surface area contributed by atoms with E-state index in [1.807, 2.05) is 24.3 Å². The van der Waals surface area contributed by atoms with Crippen molar-refractivity contribution in [1.29, 1.82) is 0 Å². The summed E-state index contributed by atoms with van der Waals surface area (Å²) in [6, 6.07) is 35.5. The molecule has 11 heteroatoms. The molecule has 0 fully saturated rings. The molecule has 0 heterocycles. The molecule has 0 unspecified atom stereocenters. The molecule has 0 saturated carbocycles. The van der Waals surface area contributed by atoms with E-state index in [1.165, 1.54) is 6.16 Å². The molecular formula is C28H27Cl2NiO6P2. The van der Waals surface area contributed by atoms with Gasteiger partial charge in [0.05, 0.1) is 6.16 Å². The first-order valence-corrected chi connectivity index (χ1v) is 17.8. The fourth-order valence-electron chi connectivity index (χ4n) is 3.28. The van der Waals surface area contributed by atoms with Gasteiger partial charge in [-0.3, -0.25) is 4.57 Å². The first-order chi connectivity index (χ1) is 18.9. The average Bonchev–Trinajstić information content (AvgIpc) is 2.94. The molecule has 0 atom stereocenters. The van der Waals surface area contributed by atoms with Crippen molar-refractivity contribution in [2.45, 2.75) is 12.8 Å². The predicted molar refractivity (Wildman–Crippen MR) is 154 cm³/mol. The van der Waals surface area contributed by atoms with Crippen molar-refractivity contribution in [2.24, 2.45) is 0 Å². The van der Waals surface area contributed by atoms with Crippen LogP contribution in [0.15, 0.2) is 121 Å².